The van der Waals surface area contributed by atoms with E-state index >= 15 is 0 Å². The van der Waals surface area contributed by atoms with Crippen molar-refractivity contribution >= 4 is 5.82 Å². The van der Waals surface area contributed by atoms with E-state index in [4.69, 9.17) is 14.9 Å². The predicted molar refractivity (Wildman–Crippen MR) is 57.0 cm³/mol. The highest BCUT2D eigenvalue weighted by atomic mass is 16.5. The van der Waals surface area contributed by atoms with Crippen LogP contribution in [0.25, 0.3) is 0 Å². The maximum atomic E-state index is 9.02. The second-order valence-electron chi connectivity index (χ2n) is 3.66. The Balaban J connectivity index is 2.05. The van der Waals surface area contributed by atoms with Gasteiger partial charge in [0.2, 0.25) is 0 Å². The summed E-state index contributed by atoms with van der Waals surface area (Å²) >= 11 is 0. The van der Waals surface area contributed by atoms with Crippen LogP contribution in [0, 0.1) is 0 Å². The van der Waals surface area contributed by atoms with Gasteiger partial charge in [0, 0.05) is 13.1 Å². The van der Waals surface area contributed by atoms with Gasteiger partial charge in [-0.1, -0.05) is 0 Å². The number of hydrogen-bond donors (Lipinski definition) is 2. The maximum Gasteiger partial charge on any atom is 0.151 e. The lowest BCUT2D eigenvalue weighted by molar-refractivity contribution is 0.00331. The van der Waals surface area contributed by atoms with Gasteiger partial charge in [-0.05, 0) is 12.1 Å². The van der Waals surface area contributed by atoms with Gasteiger partial charge < -0.3 is 19.8 Å². The van der Waals surface area contributed by atoms with Crippen LogP contribution in [-0.2, 0) is 11.3 Å². The van der Waals surface area contributed by atoms with Crippen LogP contribution in [0.5, 0.6) is 0 Å². The van der Waals surface area contributed by atoms with Crippen LogP contribution in [0.1, 0.15) is 5.69 Å². The van der Waals surface area contributed by atoms with E-state index in [0.29, 0.717) is 18.8 Å². The van der Waals surface area contributed by atoms with E-state index < -0.39 is 0 Å². The minimum atomic E-state index is -0.159. The molecule has 2 heterocycles. The first-order chi connectivity index (χ1) is 7.83. The van der Waals surface area contributed by atoms with Gasteiger partial charge in [-0.25, -0.2) is 0 Å². The van der Waals surface area contributed by atoms with Gasteiger partial charge in [-0.3, -0.25) is 0 Å². The molecule has 1 aliphatic heterocycles. The molecule has 16 heavy (non-hydrogen) atoms. The smallest absolute Gasteiger partial charge is 0.151 e. The van der Waals surface area contributed by atoms with Crippen LogP contribution in [-0.4, -0.2) is 52.8 Å². The lowest BCUT2D eigenvalue weighted by Gasteiger charge is -2.32. The standard InChI is InChI=1S/C10H15N3O3/c14-6-8-1-2-10(12-11-8)13-3-4-16-9(5-13)7-15/h1-2,9,14-15H,3-7H2. The third-order valence-electron chi connectivity index (χ3n) is 2.53. The maximum absolute atomic E-state index is 9.02. The second kappa shape index (κ2) is 5.20. The number of rotatable bonds is 3. The zero-order valence-corrected chi connectivity index (χ0v) is 8.91. The number of aliphatic hydroxyl groups is 2. The van der Waals surface area contributed by atoms with E-state index in [1.54, 1.807) is 6.07 Å². The van der Waals surface area contributed by atoms with Crippen molar-refractivity contribution < 1.29 is 14.9 Å². The topological polar surface area (TPSA) is 78.7 Å². The van der Waals surface area contributed by atoms with Gasteiger partial charge in [0.15, 0.2) is 5.82 Å². The van der Waals surface area contributed by atoms with E-state index in [1.165, 1.54) is 0 Å². The molecule has 0 aromatic carbocycles. The van der Waals surface area contributed by atoms with Gasteiger partial charge in [0.05, 0.1) is 31.6 Å². The fourth-order valence-electron chi connectivity index (χ4n) is 1.64. The molecule has 0 spiro atoms. The quantitative estimate of drug-likeness (QED) is 0.699. The van der Waals surface area contributed by atoms with E-state index in [2.05, 4.69) is 10.2 Å². The third kappa shape index (κ3) is 2.46. The Labute approximate surface area is 93.5 Å². The van der Waals surface area contributed by atoms with Crippen molar-refractivity contribution in [1.29, 1.82) is 0 Å². The molecule has 1 atom stereocenters. The van der Waals surface area contributed by atoms with Crippen molar-refractivity contribution in [3.05, 3.63) is 17.8 Å². The molecule has 88 valence electrons. The Hall–Kier alpha value is -1.24. The molecule has 6 nitrogen and oxygen atoms in total. The molecule has 2 N–H and O–H groups in total. The average molecular weight is 225 g/mol. The molecule has 1 aliphatic rings. The normalized spacial score (nSPS) is 21.1. The number of hydrogen-bond acceptors (Lipinski definition) is 6. The highest BCUT2D eigenvalue weighted by Gasteiger charge is 2.20. The molecule has 1 aromatic rings. The van der Waals surface area contributed by atoms with Crippen molar-refractivity contribution in [2.75, 3.05) is 31.2 Å². The lowest BCUT2D eigenvalue weighted by atomic mass is 10.3. The van der Waals surface area contributed by atoms with Crippen molar-refractivity contribution in [3.8, 4) is 0 Å². The molecule has 1 unspecified atom stereocenters. The Bertz CT molecular complexity index is 331. The summed E-state index contributed by atoms with van der Waals surface area (Å²) in [6, 6.07) is 3.56. The second-order valence-corrected chi connectivity index (χ2v) is 3.66. The average Bonchev–Trinajstić information content (AvgIpc) is 2.39. The Kier molecular flexibility index (Phi) is 3.66. The molecule has 1 fully saturated rings. The van der Waals surface area contributed by atoms with Crippen LogP contribution in [0.3, 0.4) is 0 Å². The van der Waals surface area contributed by atoms with Crippen molar-refractivity contribution in [1.82, 2.24) is 10.2 Å². The largest absolute Gasteiger partial charge is 0.394 e. The zero-order chi connectivity index (χ0) is 11.4. The molecule has 0 aliphatic carbocycles. The minimum absolute atomic E-state index is 0.0126. The number of nitrogens with zero attached hydrogens (tertiary/aromatic N) is 3. The van der Waals surface area contributed by atoms with Gasteiger partial charge in [-0.2, -0.15) is 5.10 Å². The molecular weight excluding hydrogens is 210 g/mol. The summed E-state index contributed by atoms with van der Waals surface area (Å²) in [7, 11) is 0. The van der Waals surface area contributed by atoms with Crippen LogP contribution < -0.4 is 4.90 Å². The fourth-order valence-corrected chi connectivity index (χ4v) is 1.64. The molecule has 1 saturated heterocycles. The first-order valence-corrected chi connectivity index (χ1v) is 5.24. The van der Waals surface area contributed by atoms with E-state index in [0.717, 1.165) is 12.4 Å². The zero-order valence-electron chi connectivity index (χ0n) is 8.91. The Morgan fingerprint density at radius 1 is 1.38 bits per heavy atom. The van der Waals surface area contributed by atoms with E-state index in [9.17, 15) is 0 Å². The highest BCUT2D eigenvalue weighted by Crippen LogP contribution is 2.14. The molecule has 0 saturated carbocycles. The number of aromatic nitrogens is 2. The van der Waals surface area contributed by atoms with Crippen LogP contribution in [0.4, 0.5) is 5.82 Å². The van der Waals surface area contributed by atoms with Crippen molar-refractivity contribution in [2.24, 2.45) is 0 Å². The van der Waals surface area contributed by atoms with Crippen molar-refractivity contribution in [3.63, 3.8) is 0 Å². The summed E-state index contributed by atoms with van der Waals surface area (Å²) in [4.78, 5) is 2.01. The summed E-state index contributed by atoms with van der Waals surface area (Å²) < 4.78 is 5.34. The summed E-state index contributed by atoms with van der Waals surface area (Å²) in [5, 5.41) is 25.8. The van der Waals surface area contributed by atoms with Crippen molar-refractivity contribution in [2.45, 2.75) is 12.7 Å². The molecule has 0 amide bonds. The summed E-state index contributed by atoms with van der Waals surface area (Å²) in [5.74, 6) is 0.749. The lowest BCUT2D eigenvalue weighted by Crippen LogP contribution is -2.44. The van der Waals surface area contributed by atoms with Gasteiger partial charge in [-0.15, -0.1) is 5.10 Å². The summed E-state index contributed by atoms with van der Waals surface area (Å²) in [6.45, 7) is 1.84. The number of aliphatic hydroxyl groups excluding tert-OH is 2. The molecule has 1 aromatic heterocycles. The van der Waals surface area contributed by atoms with Gasteiger partial charge >= 0.3 is 0 Å². The molecular formula is C10H15N3O3. The SMILES string of the molecule is OCc1ccc(N2CCOC(CO)C2)nn1. The fraction of sp³-hybridized carbons (Fsp3) is 0.600. The minimum Gasteiger partial charge on any atom is -0.394 e. The first-order valence-electron chi connectivity index (χ1n) is 5.24. The van der Waals surface area contributed by atoms with Crippen LogP contribution in [0.2, 0.25) is 0 Å². The molecule has 0 radical (unpaired) electrons. The third-order valence-corrected chi connectivity index (χ3v) is 2.53. The molecule has 2 rings (SSSR count). The highest BCUT2D eigenvalue weighted by molar-refractivity contribution is 5.37. The Morgan fingerprint density at radius 3 is 2.88 bits per heavy atom. The van der Waals surface area contributed by atoms with Gasteiger partial charge in [0.25, 0.3) is 0 Å². The predicted octanol–water partition coefficient (Wildman–Crippen LogP) is -0.834. The van der Waals surface area contributed by atoms with Crippen LogP contribution >= 0.6 is 0 Å². The number of ether oxygens (including phenoxy) is 1. The summed E-state index contributed by atoms with van der Waals surface area (Å²) in [6.07, 6.45) is -0.159. The summed E-state index contributed by atoms with van der Waals surface area (Å²) in [5.41, 5.74) is 0.552. The van der Waals surface area contributed by atoms with Gasteiger partial charge in [0.1, 0.15) is 0 Å². The first kappa shape index (κ1) is 11.3. The van der Waals surface area contributed by atoms with E-state index in [-0.39, 0.29) is 19.3 Å². The van der Waals surface area contributed by atoms with Crippen LogP contribution in [0.15, 0.2) is 12.1 Å². The Morgan fingerprint density at radius 2 is 2.25 bits per heavy atom. The monoisotopic (exact) mass is 225 g/mol. The number of morpholine rings is 1. The van der Waals surface area contributed by atoms with E-state index in [1.807, 2.05) is 11.0 Å². The molecule has 6 heteroatoms. The number of anilines is 1. The molecule has 0 bridgehead atoms.